The number of pyridine rings is 1. The Balaban J connectivity index is 1.49. The lowest BCUT2D eigenvalue weighted by molar-refractivity contribution is 0.563. The number of alkyl halides is 1. The summed E-state index contributed by atoms with van der Waals surface area (Å²) in [6.45, 7) is 5.82. The number of halogens is 2. The predicted octanol–water partition coefficient (Wildman–Crippen LogP) is 5.27. The molecule has 1 saturated heterocycles. The Morgan fingerprint density at radius 1 is 1.11 bits per heavy atom. The van der Waals surface area contributed by atoms with Gasteiger partial charge in [-0.15, -0.1) is 0 Å². The van der Waals surface area contributed by atoms with E-state index < -0.39 is 5.54 Å². The van der Waals surface area contributed by atoms with Crippen LogP contribution in [0.1, 0.15) is 32.5 Å². The van der Waals surface area contributed by atoms with E-state index in [1.165, 1.54) is 0 Å². The number of piperidine rings is 1. The molecule has 1 aromatic carbocycles. The van der Waals surface area contributed by atoms with E-state index in [9.17, 15) is 4.79 Å². The Hall–Kier alpha value is -2.99. The van der Waals surface area contributed by atoms with Gasteiger partial charge in [0.05, 0.1) is 17.3 Å². The van der Waals surface area contributed by atoms with Gasteiger partial charge < -0.3 is 20.1 Å². The summed E-state index contributed by atoms with van der Waals surface area (Å²) in [5, 5.41) is 8.14. The van der Waals surface area contributed by atoms with Gasteiger partial charge in [-0.25, -0.2) is 15.0 Å². The zero-order chi connectivity index (χ0) is 26.2. The van der Waals surface area contributed by atoms with Gasteiger partial charge >= 0.3 is 0 Å². The van der Waals surface area contributed by atoms with E-state index in [1.54, 1.807) is 42.3 Å². The third kappa shape index (κ3) is 5.49. The Bertz CT molecular complexity index is 1490. The van der Waals surface area contributed by atoms with Crippen LogP contribution in [0.2, 0.25) is 5.02 Å². The molecule has 4 heterocycles. The standard InChI is InChI=1S/C26H28ClIN8O/c1-26(2,24-29-9-4-10-30-24)34-20-14-22(37)35(3)21-6-5-17(13-18(20)21)32-23-19(27)15-31-25(33-23)36-11-7-16(28)8-12-36/h4-6,9-10,13-16,34H,7-8,11-12H2,1-3H3,(H,31,32,33). The maximum Gasteiger partial charge on any atom is 0.252 e. The number of rotatable bonds is 6. The molecule has 3 aromatic heterocycles. The third-order valence-electron chi connectivity index (χ3n) is 6.52. The second-order valence-corrected chi connectivity index (χ2v) is 11.8. The molecule has 0 spiro atoms. The van der Waals surface area contributed by atoms with E-state index in [1.807, 2.05) is 32.0 Å². The number of hydrogen-bond acceptors (Lipinski definition) is 8. The van der Waals surface area contributed by atoms with Crippen molar-refractivity contribution in [2.45, 2.75) is 36.2 Å². The molecule has 11 heteroatoms. The number of benzene rings is 1. The zero-order valence-electron chi connectivity index (χ0n) is 20.9. The van der Waals surface area contributed by atoms with Gasteiger partial charge in [0.15, 0.2) is 11.6 Å². The van der Waals surface area contributed by atoms with Crippen molar-refractivity contribution >= 4 is 68.2 Å². The maximum absolute atomic E-state index is 12.7. The molecule has 0 amide bonds. The van der Waals surface area contributed by atoms with Gasteiger partial charge in [0.25, 0.3) is 5.56 Å². The fourth-order valence-electron chi connectivity index (χ4n) is 4.44. The second kappa shape index (κ2) is 10.4. The van der Waals surface area contributed by atoms with Gasteiger partial charge in [-0.05, 0) is 51.0 Å². The molecule has 1 fully saturated rings. The van der Waals surface area contributed by atoms with Crippen LogP contribution in [-0.4, -0.2) is 41.5 Å². The van der Waals surface area contributed by atoms with Crippen LogP contribution in [0.5, 0.6) is 0 Å². The minimum absolute atomic E-state index is 0.112. The Kier molecular flexibility index (Phi) is 7.21. The average Bonchev–Trinajstić information content (AvgIpc) is 2.89. The lowest BCUT2D eigenvalue weighted by atomic mass is 10.0. The van der Waals surface area contributed by atoms with Gasteiger partial charge in [0, 0.05) is 59.3 Å². The van der Waals surface area contributed by atoms with Crippen molar-refractivity contribution in [3.63, 3.8) is 0 Å². The van der Waals surface area contributed by atoms with Crippen LogP contribution >= 0.6 is 34.2 Å². The first-order valence-corrected chi connectivity index (χ1v) is 13.7. The summed E-state index contributed by atoms with van der Waals surface area (Å²) in [5.41, 5.74) is 1.55. The van der Waals surface area contributed by atoms with Crippen LogP contribution in [0.3, 0.4) is 0 Å². The van der Waals surface area contributed by atoms with Crippen LogP contribution in [0.25, 0.3) is 10.9 Å². The molecule has 5 rings (SSSR count). The molecule has 0 saturated carbocycles. The molecule has 0 radical (unpaired) electrons. The molecule has 0 bridgehead atoms. The van der Waals surface area contributed by atoms with E-state index in [-0.39, 0.29) is 5.56 Å². The van der Waals surface area contributed by atoms with Crippen LogP contribution in [0.15, 0.2) is 53.7 Å². The number of hydrogen-bond donors (Lipinski definition) is 2. The van der Waals surface area contributed by atoms with E-state index >= 15 is 0 Å². The number of aromatic nitrogens is 5. The van der Waals surface area contributed by atoms with E-state index in [2.05, 4.69) is 53.1 Å². The van der Waals surface area contributed by atoms with Crippen molar-refractivity contribution in [3.8, 4) is 0 Å². The molecule has 9 nitrogen and oxygen atoms in total. The SMILES string of the molecule is Cn1c(=O)cc(NC(C)(C)c2ncccn2)c2cc(Nc3nc(N4CCC(I)CC4)ncc3Cl)ccc21. The van der Waals surface area contributed by atoms with Crippen molar-refractivity contribution in [1.29, 1.82) is 0 Å². The third-order valence-corrected chi connectivity index (χ3v) is 8.04. The highest BCUT2D eigenvalue weighted by atomic mass is 127. The average molecular weight is 631 g/mol. The molecular weight excluding hydrogens is 603 g/mol. The fourth-order valence-corrected chi connectivity index (χ4v) is 5.13. The Labute approximate surface area is 233 Å². The Morgan fingerprint density at radius 2 is 1.84 bits per heavy atom. The van der Waals surface area contributed by atoms with Crippen molar-refractivity contribution in [2.24, 2.45) is 7.05 Å². The van der Waals surface area contributed by atoms with Gasteiger partial charge in [0.2, 0.25) is 5.95 Å². The van der Waals surface area contributed by atoms with Crippen molar-refractivity contribution < 1.29 is 0 Å². The fraction of sp³-hybridized carbons (Fsp3) is 0.346. The Morgan fingerprint density at radius 3 is 2.57 bits per heavy atom. The first-order valence-electron chi connectivity index (χ1n) is 12.1. The quantitative estimate of drug-likeness (QED) is 0.220. The molecular formula is C26H28ClIN8O. The van der Waals surface area contributed by atoms with Gasteiger partial charge in [-0.1, -0.05) is 34.2 Å². The van der Waals surface area contributed by atoms with Gasteiger partial charge in [-0.3, -0.25) is 4.79 Å². The molecule has 0 aliphatic carbocycles. The molecule has 0 atom stereocenters. The number of aryl methyl sites for hydroxylation is 1. The van der Waals surface area contributed by atoms with E-state index in [0.29, 0.717) is 32.2 Å². The molecule has 4 aromatic rings. The molecule has 1 aliphatic heterocycles. The molecule has 192 valence electrons. The van der Waals surface area contributed by atoms with E-state index in [0.717, 1.165) is 42.5 Å². The summed E-state index contributed by atoms with van der Waals surface area (Å²) in [5.74, 6) is 1.84. The molecule has 37 heavy (non-hydrogen) atoms. The summed E-state index contributed by atoms with van der Waals surface area (Å²) in [7, 11) is 1.76. The summed E-state index contributed by atoms with van der Waals surface area (Å²) >= 11 is 8.98. The molecule has 2 N–H and O–H groups in total. The second-order valence-electron chi connectivity index (χ2n) is 9.66. The summed E-state index contributed by atoms with van der Waals surface area (Å²) in [4.78, 5) is 32.9. The summed E-state index contributed by atoms with van der Waals surface area (Å²) < 4.78 is 2.32. The topological polar surface area (TPSA) is 101 Å². The van der Waals surface area contributed by atoms with Crippen LogP contribution < -0.4 is 21.1 Å². The maximum atomic E-state index is 12.7. The van der Waals surface area contributed by atoms with Gasteiger partial charge in [-0.2, -0.15) is 4.98 Å². The number of nitrogens with one attached hydrogen (secondary N) is 2. The smallest absolute Gasteiger partial charge is 0.252 e. The van der Waals surface area contributed by atoms with Crippen LogP contribution in [0.4, 0.5) is 23.1 Å². The highest BCUT2D eigenvalue weighted by Gasteiger charge is 2.25. The lowest BCUT2D eigenvalue weighted by Crippen LogP contribution is -2.35. The first kappa shape index (κ1) is 25.7. The van der Waals surface area contributed by atoms with Crippen LogP contribution in [-0.2, 0) is 12.6 Å². The minimum Gasteiger partial charge on any atom is -0.372 e. The normalized spacial score (nSPS) is 14.7. The predicted molar refractivity (Wildman–Crippen MR) is 157 cm³/mol. The highest BCUT2D eigenvalue weighted by molar-refractivity contribution is 14.1. The lowest BCUT2D eigenvalue weighted by Gasteiger charge is -2.29. The molecule has 0 unspecified atom stereocenters. The van der Waals surface area contributed by atoms with Crippen molar-refractivity contribution in [2.75, 3.05) is 28.6 Å². The van der Waals surface area contributed by atoms with Crippen molar-refractivity contribution in [1.82, 2.24) is 24.5 Å². The number of nitrogens with zero attached hydrogens (tertiary/aromatic N) is 6. The van der Waals surface area contributed by atoms with E-state index in [4.69, 9.17) is 16.6 Å². The van der Waals surface area contributed by atoms with Crippen molar-refractivity contribution in [3.05, 3.63) is 70.1 Å². The zero-order valence-corrected chi connectivity index (χ0v) is 23.8. The largest absolute Gasteiger partial charge is 0.372 e. The number of anilines is 4. The van der Waals surface area contributed by atoms with Gasteiger partial charge in [0.1, 0.15) is 5.02 Å². The summed E-state index contributed by atoms with van der Waals surface area (Å²) in [6.07, 6.45) is 7.28. The molecule has 1 aliphatic rings. The monoisotopic (exact) mass is 630 g/mol. The summed E-state index contributed by atoms with van der Waals surface area (Å²) in [6, 6.07) is 9.19. The minimum atomic E-state index is -0.611. The van der Waals surface area contributed by atoms with Crippen LogP contribution in [0, 0.1) is 0 Å². The number of fused-ring (bicyclic) bond motifs is 1. The highest BCUT2D eigenvalue weighted by Crippen LogP contribution is 2.32. The first-order chi connectivity index (χ1) is 17.7.